The number of aromatic nitrogens is 4. The van der Waals surface area contributed by atoms with Gasteiger partial charge in [-0.2, -0.15) is 0 Å². The Balaban J connectivity index is 1.11. The van der Waals surface area contributed by atoms with Gasteiger partial charge in [-0.05, 0) is 110 Å². The quantitative estimate of drug-likeness (QED) is 0.115. The molecule has 0 aliphatic carbocycles. The predicted octanol–water partition coefficient (Wildman–Crippen LogP) is 16.5. The van der Waals surface area contributed by atoms with Gasteiger partial charge >= 0.3 is 0 Å². The lowest BCUT2D eigenvalue weighted by Gasteiger charge is -2.33. The average molecular weight is 937 g/mol. The third-order valence-corrected chi connectivity index (χ3v) is 13.8. The van der Waals surface area contributed by atoms with Crippen molar-refractivity contribution in [1.29, 1.82) is 0 Å². The van der Waals surface area contributed by atoms with Crippen molar-refractivity contribution in [1.82, 2.24) is 19.5 Å². The molecule has 0 saturated heterocycles. The molecule has 8 heteroatoms. The van der Waals surface area contributed by atoms with Crippen LogP contribution in [0.2, 0.25) is 0 Å². The SMILES string of the molecule is CCCCc1cc(C)cc(C2=NC(c3cc(C)cc(CCCC)c3)[N-]C(c3ccc(-n4c5ccccc5c5c6oc7ccccc7c6ccc54)c(-c4nc(-c5ccccc5)nc(-c5ccccc5)n4)c3)=N2)c1. The van der Waals surface area contributed by atoms with Crippen molar-refractivity contribution in [2.75, 3.05) is 0 Å². The molecule has 0 bridgehead atoms. The van der Waals surface area contributed by atoms with Gasteiger partial charge in [-0.25, -0.2) is 15.0 Å². The van der Waals surface area contributed by atoms with Crippen LogP contribution >= 0.6 is 0 Å². The van der Waals surface area contributed by atoms with Crippen LogP contribution in [-0.4, -0.2) is 31.2 Å². The molecule has 0 radical (unpaired) electrons. The zero-order chi connectivity index (χ0) is 48.7. The number of aliphatic imine (C=N–C) groups is 2. The number of amidine groups is 2. The summed E-state index contributed by atoms with van der Waals surface area (Å²) in [5, 5.41) is 9.76. The Kier molecular flexibility index (Phi) is 11.8. The molecular formula is C64H54N7O-. The second kappa shape index (κ2) is 19.0. The molecule has 8 nitrogen and oxygen atoms in total. The fourth-order valence-corrected chi connectivity index (χ4v) is 10.4. The van der Waals surface area contributed by atoms with Gasteiger partial charge in [-0.1, -0.05) is 177 Å². The molecule has 3 aromatic heterocycles. The van der Waals surface area contributed by atoms with Gasteiger partial charge in [-0.15, -0.1) is 0 Å². The maximum Gasteiger partial charge on any atom is 0.166 e. The summed E-state index contributed by atoms with van der Waals surface area (Å²) in [6.45, 7) is 8.81. The number of furan rings is 1. The van der Waals surface area contributed by atoms with Crippen molar-refractivity contribution >= 4 is 55.4 Å². The number of benzene rings is 8. The first-order valence-corrected chi connectivity index (χ1v) is 25.3. The van der Waals surface area contributed by atoms with E-state index in [4.69, 9.17) is 34.7 Å². The maximum atomic E-state index is 6.74. The number of nitrogens with zero attached hydrogens (tertiary/aromatic N) is 7. The summed E-state index contributed by atoms with van der Waals surface area (Å²) in [4.78, 5) is 26.6. The van der Waals surface area contributed by atoms with Crippen molar-refractivity contribution < 1.29 is 4.42 Å². The molecule has 1 aliphatic heterocycles. The maximum absolute atomic E-state index is 6.74. The molecule has 0 fully saturated rings. The molecule has 0 amide bonds. The van der Waals surface area contributed by atoms with Gasteiger partial charge in [0, 0.05) is 32.8 Å². The minimum atomic E-state index is -0.509. The number of para-hydroxylation sites is 2. The summed E-state index contributed by atoms with van der Waals surface area (Å²) in [5.41, 5.74) is 15.1. The first-order chi connectivity index (χ1) is 35.4. The van der Waals surface area contributed by atoms with E-state index in [-0.39, 0.29) is 0 Å². The molecule has 11 aromatic rings. The van der Waals surface area contributed by atoms with Crippen molar-refractivity contribution in [3.8, 4) is 39.9 Å². The monoisotopic (exact) mass is 936 g/mol. The molecular weight excluding hydrogens is 883 g/mol. The summed E-state index contributed by atoms with van der Waals surface area (Å²) >= 11 is 0. The fourth-order valence-electron chi connectivity index (χ4n) is 10.4. The Morgan fingerprint density at radius 3 is 1.89 bits per heavy atom. The largest absolute Gasteiger partial charge is 0.455 e. The highest BCUT2D eigenvalue weighted by atomic mass is 16.3. The Hall–Kier alpha value is -8.49. The second-order valence-corrected chi connectivity index (χ2v) is 19.1. The van der Waals surface area contributed by atoms with Gasteiger partial charge in [0.05, 0.1) is 34.1 Å². The fraction of sp³-hybridized carbons (Fsp3) is 0.172. The Bertz CT molecular complexity index is 3840. The number of unbranched alkanes of at least 4 members (excludes halogenated alkanes) is 2. The van der Waals surface area contributed by atoms with E-state index < -0.39 is 6.17 Å². The normalized spacial score (nSPS) is 13.8. The van der Waals surface area contributed by atoms with Crippen LogP contribution in [0, 0.1) is 13.8 Å². The summed E-state index contributed by atoms with van der Waals surface area (Å²) < 4.78 is 9.07. The summed E-state index contributed by atoms with van der Waals surface area (Å²) in [7, 11) is 0. The molecule has 4 heterocycles. The van der Waals surface area contributed by atoms with E-state index in [9.17, 15) is 0 Å². The standard InChI is InChI=1S/C64H54N7O/c1-5-7-19-42-33-40(3)35-47(37-42)62-66-61(67-63(68-62)48-36-41(4)34-43(38-48)20-8-6-2)46-29-31-54(52(39-46)64-69-59(44-21-11-9-12-22-44)65-60(70-64)45-23-13-10-14-24-45)71-53-27-17-15-26-51(53)57-55(71)32-30-50-49-25-16-18-28-56(49)72-58(50)57/h9-18,21-39,62H,5-8,19-20H2,1-4H3/q-1. The Morgan fingerprint density at radius 2 is 1.17 bits per heavy atom. The molecule has 8 aromatic carbocycles. The van der Waals surface area contributed by atoms with Crippen LogP contribution in [0.25, 0.3) is 88.9 Å². The zero-order valence-corrected chi connectivity index (χ0v) is 41.1. The van der Waals surface area contributed by atoms with Crippen molar-refractivity contribution in [2.24, 2.45) is 9.98 Å². The molecule has 72 heavy (non-hydrogen) atoms. The van der Waals surface area contributed by atoms with Gasteiger partial charge in [-0.3, -0.25) is 4.99 Å². The summed E-state index contributed by atoms with van der Waals surface area (Å²) in [6.07, 6.45) is 5.98. The molecule has 1 aliphatic rings. The van der Waals surface area contributed by atoms with E-state index in [1.165, 1.54) is 22.3 Å². The van der Waals surface area contributed by atoms with Crippen LogP contribution in [0.5, 0.6) is 0 Å². The van der Waals surface area contributed by atoms with E-state index in [1.807, 2.05) is 72.8 Å². The first kappa shape index (κ1) is 44.7. The lowest BCUT2D eigenvalue weighted by molar-refractivity contribution is 0.673. The van der Waals surface area contributed by atoms with E-state index in [2.05, 4.69) is 135 Å². The lowest BCUT2D eigenvalue weighted by Crippen LogP contribution is -2.17. The van der Waals surface area contributed by atoms with Gasteiger partial charge in [0.1, 0.15) is 11.2 Å². The number of hydrogen-bond acceptors (Lipinski definition) is 6. The van der Waals surface area contributed by atoms with Gasteiger partial charge in [0.2, 0.25) is 0 Å². The van der Waals surface area contributed by atoms with E-state index in [0.29, 0.717) is 29.1 Å². The molecule has 1 unspecified atom stereocenters. The topological polar surface area (TPSA) is 95.6 Å². The Labute approximate surface area is 419 Å². The molecule has 12 rings (SSSR count). The number of aryl methyl sites for hydroxylation is 4. The van der Waals surface area contributed by atoms with Crippen LogP contribution in [0.15, 0.2) is 190 Å². The van der Waals surface area contributed by atoms with Crippen molar-refractivity contribution in [3.05, 3.63) is 220 Å². The Morgan fingerprint density at radius 1 is 0.528 bits per heavy atom. The second-order valence-electron chi connectivity index (χ2n) is 19.1. The summed E-state index contributed by atoms with van der Waals surface area (Å²) in [6, 6.07) is 61.6. The van der Waals surface area contributed by atoms with Crippen LogP contribution < -0.4 is 0 Å². The highest BCUT2D eigenvalue weighted by molar-refractivity contribution is 6.24. The van der Waals surface area contributed by atoms with Crippen LogP contribution in [0.4, 0.5) is 0 Å². The van der Waals surface area contributed by atoms with Crippen LogP contribution in [0.1, 0.15) is 84.6 Å². The first-order valence-electron chi connectivity index (χ1n) is 25.3. The minimum Gasteiger partial charge on any atom is -0.455 e. The van der Waals surface area contributed by atoms with Crippen molar-refractivity contribution in [2.45, 2.75) is 72.4 Å². The van der Waals surface area contributed by atoms with Crippen LogP contribution in [-0.2, 0) is 12.8 Å². The molecule has 1 atom stereocenters. The van der Waals surface area contributed by atoms with Gasteiger partial charge < -0.3 is 19.3 Å². The van der Waals surface area contributed by atoms with Gasteiger partial charge in [0.15, 0.2) is 17.5 Å². The molecule has 352 valence electrons. The predicted molar refractivity (Wildman–Crippen MR) is 297 cm³/mol. The highest BCUT2D eigenvalue weighted by Crippen LogP contribution is 2.43. The van der Waals surface area contributed by atoms with Crippen LogP contribution in [0.3, 0.4) is 0 Å². The van der Waals surface area contributed by atoms with E-state index in [1.54, 1.807) is 0 Å². The summed E-state index contributed by atoms with van der Waals surface area (Å²) in [5.74, 6) is 2.94. The molecule has 0 saturated carbocycles. The van der Waals surface area contributed by atoms with Crippen molar-refractivity contribution in [3.63, 3.8) is 0 Å². The minimum absolute atomic E-state index is 0.509. The lowest BCUT2D eigenvalue weighted by atomic mass is 9.99. The third kappa shape index (κ3) is 8.42. The molecule has 0 N–H and O–H groups in total. The van der Waals surface area contributed by atoms with E-state index >= 15 is 0 Å². The van der Waals surface area contributed by atoms with Gasteiger partial charge in [0.25, 0.3) is 0 Å². The number of rotatable bonds is 13. The van der Waals surface area contributed by atoms with E-state index in [0.717, 1.165) is 121 Å². The number of hydrogen-bond donors (Lipinski definition) is 0. The smallest absolute Gasteiger partial charge is 0.166 e. The number of fused-ring (bicyclic) bond motifs is 7. The third-order valence-electron chi connectivity index (χ3n) is 13.8. The average Bonchev–Trinajstić information content (AvgIpc) is 3.97. The highest BCUT2D eigenvalue weighted by Gasteiger charge is 2.24. The zero-order valence-electron chi connectivity index (χ0n) is 41.1. The molecule has 0 spiro atoms.